The van der Waals surface area contributed by atoms with Crippen LogP contribution in [-0.2, 0) is 6.54 Å². The fourth-order valence-electron chi connectivity index (χ4n) is 2.48. The first-order chi connectivity index (χ1) is 8.07. The summed E-state index contributed by atoms with van der Waals surface area (Å²) < 4.78 is 38.9. The van der Waals surface area contributed by atoms with Crippen molar-refractivity contribution in [2.45, 2.75) is 18.6 Å². The van der Waals surface area contributed by atoms with Crippen LogP contribution in [0.1, 0.15) is 17.2 Å². The lowest BCUT2D eigenvalue weighted by molar-refractivity contribution is -0.150. The number of benzene rings is 1. The van der Waals surface area contributed by atoms with Crippen LogP contribution < -0.4 is 5.32 Å². The number of rotatable bonds is 0. The molecule has 0 spiro atoms. The third-order valence-corrected chi connectivity index (χ3v) is 3.22. The quantitative estimate of drug-likeness (QED) is 0.728. The third kappa shape index (κ3) is 1.61. The van der Waals surface area contributed by atoms with Gasteiger partial charge in [0, 0.05) is 29.7 Å². The Morgan fingerprint density at radius 2 is 1.94 bits per heavy atom. The minimum atomic E-state index is -4.20. The van der Waals surface area contributed by atoms with Crippen molar-refractivity contribution in [2.24, 2.45) is 0 Å². The average Bonchev–Trinajstić information content (AvgIpc) is 2.65. The van der Waals surface area contributed by atoms with E-state index < -0.39 is 12.1 Å². The van der Waals surface area contributed by atoms with E-state index in [1.54, 1.807) is 18.2 Å². The summed E-state index contributed by atoms with van der Waals surface area (Å²) in [5.74, 6) is -1.41. The molecule has 1 atom stereocenters. The van der Waals surface area contributed by atoms with Crippen LogP contribution in [0.5, 0.6) is 0 Å². The molecule has 0 aliphatic carbocycles. The van der Waals surface area contributed by atoms with Crippen molar-refractivity contribution in [2.75, 3.05) is 6.54 Å². The van der Waals surface area contributed by atoms with Crippen molar-refractivity contribution in [3.63, 3.8) is 0 Å². The van der Waals surface area contributed by atoms with Crippen LogP contribution in [0, 0.1) is 0 Å². The molecular formula is C12H11F3N2. The fourth-order valence-corrected chi connectivity index (χ4v) is 2.48. The first-order valence-corrected chi connectivity index (χ1v) is 5.44. The molecule has 0 bridgehead atoms. The van der Waals surface area contributed by atoms with Crippen LogP contribution in [0.3, 0.4) is 0 Å². The van der Waals surface area contributed by atoms with Crippen LogP contribution >= 0.6 is 0 Å². The lowest BCUT2D eigenvalue weighted by Crippen LogP contribution is -2.36. The number of fused-ring (bicyclic) bond motifs is 3. The molecule has 2 aromatic rings. The number of aromatic nitrogens is 1. The van der Waals surface area contributed by atoms with Gasteiger partial charge in [0.2, 0.25) is 0 Å². The molecule has 0 amide bonds. The van der Waals surface area contributed by atoms with Crippen molar-refractivity contribution in [3.05, 3.63) is 35.5 Å². The number of hydrogen-bond acceptors (Lipinski definition) is 1. The summed E-state index contributed by atoms with van der Waals surface area (Å²) in [6.07, 6.45) is -4.20. The number of H-pyrrole nitrogens is 1. The Labute approximate surface area is 95.8 Å². The predicted octanol–water partition coefficient (Wildman–Crippen LogP) is 2.92. The van der Waals surface area contributed by atoms with Gasteiger partial charge in [-0.3, -0.25) is 0 Å². The van der Waals surface area contributed by atoms with Gasteiger partial charge in [0.05, 0.1) is 5.92 Å². The Morgan fingerprint density at radius 1 is 1.18 bits per heavy atom. The molecule has 2 nitrogen and oxygen atoms in total. The predicted molar refractivity (Wildman–Crippen MR) is 58.8 cm³/mol. The second-order valence-electron chi connectivity index (χ2n) is 4.29. The van der Waals surface area contributed by atoms with Gasteiger partial charge in [0.15, 0.2) is 0 Å². The summed E-state index contributed by atoms with van der Waals surface area (Å²) in [5, 5.41) is 3.49. The molecule has 5 heteroatoms. The SMILES string of the molecule is FC(F)(F)C1CNCc2[nH]c3ccccc3c21. The molecule has 1 unspecified atom stereocenters. The van der Waals surface area contributed by atoms with Gasteiger partial charge in [0.25, 0.3) is 0 Å². The maximum absolute atomic E-state index is 13.0. The summed E-state index contributed by atoms with van der Waals surface area (Å²) >= 11 is 0. The van der Waals surface area contributed by atoms with Crippen molar-refractivity contribution in [3.8, 4) is 0 Å². The van der Waals surface area contributed by atoms with E-state index in [0.717, 1.165) is 5.52 Å². The number of hydrogen-bond donors (Lipinski definition) is 2. The van der Waals surface area contributed by atoms with Gasteiger partial charge in [-0.1, -0.05) is 18.2 Å². The number of aromatic amines is 1. The van der Waals surface area contributed by atoms with E-state index in [4.69, 9.17) is 0 Å². The van der Waals surface area contributed by atoms with E-state index in [1.807, 2.05) is 6.07 Å². The minimum Gasteiger partial charge on any atom is -0.357 e. The van der Waals surface area contributed by atoms with Crippen LogP contribution in [0.15, 0.2) is 24.3 Å². The maximum atomic E-state index is 13.0. The molecule has 0 fully saturated rings. The van der Waals surface area contributed by atoms with Crippen molar-refractivity contribution < 1.29 is 13.2 Å². The lowest BCUT2D eigenvalue weighted by Gasteiger charge is -2.26. The summed E-state index contributed by atoms with van der Waals surface area (Å²) in [6.45, 7) is 0.426. The van der Waals surface area contributed by atoms with Crippen molar-refractivity contribution in [1.29, 1.82) is 0 Å². The fraction of sp³-hybridized carbons (Fsp3) is 0.333. The third-order valence-electron chi connectivity index (χ3n) is 3.22. The molecule has 0 saturated heterocycles. The molecule has 1 aromatic heterocycles. The van der Waals surface area contributed by atoms with Gasteiger partial charge in [-0.15, -0.1) is 0 Å². The minimum absolute atomic E-state index is 0.0433. The molecule has 90 valence electrons. The van der Waals surface area contributed by atoms with Crippen LogP contribution in [0.2, 0.25) is 0 Å². The molecule has 1 aromatic carbocycles. The van der Waals surface area contributed by atoms with E-state index in [9.17, 15) is 13.2 Å². The van der Waals surface area contributed by atoms with E-state index in [0.29, 0.717) is 23.2 Å². The molecule has 1 aliphatic heterocycles. The molecular weight excluding hydrogens is 229 g/mol. The normalized spacial score (nSPS) is 20.5. The van der Waals surface area contributed by atoms with E-state index in [2.05, 4.69) is 10.3 Å². The van der Waals surface area contributed by atoms with Gasteiger partial charge in [-0.2, -0.15) is 13.2 Å². The smallest absolute Gasteiger partial charge is 0.357 e. The number of para-hydroxylation sites is 1. The Morgan fingerprint density at radius 3 is 2.71 bits per heavy atom. The van der Waals surface area contributed by atoms with E-state index in [-0.39, 0.29) is 6.54 Å². The first kappa shape index (κ1) is 10.7. The summed E-state index contributed by atoms with van der Waals surface area (Å²) in [7, 11) is 0. The van der Waals surface area contributed by atoms with Crippen LogP contribution in [0.25, 0.3) is 10.9 Å². The maximum Gasteiger partial charge on any atom is 0.397 e. The zero-order chi connectivity index (χ0) is 12.0. The standard InChI is InChI=1S/C12H11F3N2/c13-12(14,15)8-5-16-6-10-11(8)7-3-1-2-4-9(7)17-10/h1-4,8,16-17H,5-6H2. The highest BCUT2D eigenvalue weighted by Gasteiger charge is 2.44. The van der Waals surface area contributed by atoms with Gasteiger partial charge in [-0.25, -0.2) is 0 Å². The monoisotopic (exact) mass is 240 g/mol. The molecule has 2 heterocycles. The topological polar surface area (TPSA) is 27.8 Å². The van der Waals surface area contributed by atoms with Gasteiger partial charge < -0.3 is 10.3 Å². The summed E-state index contributed by atoms with van der Waals surface area (Å²) in [5.41, 5.74) is 1.84. The Balaban J connectivity index is 2.24. The highest BCUT2D eigenvalue weighted by atomic mass is 19.4. The molecule has 0 saturated carbocycles. The molecule has 2 N–H and O–H groups in total. The van der Waals surface area contributed by atoms with Gasteiger partial charge in [-0.05, 0) is 11.6 Å². The van der Waals surface area contributed by atoms with Crippen molar-refractivity contribution in [1.82, 2.24) is 10.3 Å². The summed E-state index contributed by atoms with van der Waals surface area (Å²) in [6, 6.07) is 7.14. The number of alkyl halides is 3. The highest BCUT2D eigenvalue weighted by Crippen LogP contribution is 2.41. The molecule has 1 aliphatic rings. The van der Waals surface area contributed by atoms with Crippen LogP contribution in [0.4, 0.5) is 13.2 Å². The molecule has 0 radical (unpaired) electrons. The average molecular weight is 240 g/mol. The summed E-state index contributed by atoms with van der Waals surface area (Å²) in [4.78, 5) is 3.06. The van der Waals surface area contributed by atoms with Gasteiger partial charge >= 0.3 is 6.18 Å². The van der Waals surface area contributed by atoms with Crippen molar-refractivity contribution >= 4 is 10.9 Å². The second kappa shape index (κ2) is 3.50. The highest BCUT2D eigenvalue weighted by molar-refractivity contribution is 5.85. The zero-order valence-corrected chi connectivity index (χ0v) is 8.93. The van der Waals surface area contributed by atoms with Crippen LogP contribution in [-0.4, -0.2) is 17.7 Å². The van der Waals surface area contributed by atoms with E-state index >= 15 is 0 Å². The second-order valence-corrected chi connectivity index (χ2v) is 4.29. The first-order valence-electron chi connectivity index (χ1n) is 5.44. The number of halogens is 3. The number of nitrogens with one attached hydrogen (secondary N) is 2. The Kier molecular flexibility index (Phi) is 2.19. The van der Waals surface area contributed by atoms with Gasteiger partial charge in [0.1, 0.15) is 0 Å². The zero-order valence-electron chi connectivity index (χ0n) is 8.93. The Bertz CT molecular complexity index is 556. The lowest BCUT2D eigenvalue weighted by atomic mass is 9.92. The largest absolute Gasteiger partial charge is 0.397 e. The molecule has 17 heavy (non-hydrogen) atoms. The molecule has 3 rings (SSSR count). The Hall–Kier alpha value is -1.49. The van der Waals surface area contributed by atoms with E-state index in [1.165, 1.54) is 0 Å².